The molecular weight excluding hydrogens is 507 g/mol. The zero-order valence-electron chi connectivity index (χ0n) is 19.0. The number of nitrogens with zero attached hydrogens (tertiary/aromatic N) is 2. The number of carbonyl (C=O) groups excluding carboxylic acids is 1. The average molecular weight is 528 g/mol. The van der Waals surface area contributed by atoms with Crippen LogP contribution in [0.15, 0.2) is 36.4 Å². The van der Waals surface area contributed by atoms with Gasteiger partial charge in [-0.15, -0.1) is 0 Å². The first kappa shape index (κ1) is 27.8. The molecule has 1 heterocycles. The monoisotopic (exact) mass is 528 g/mol. The van der Waals surface area contributed by atoms with Crippen LogP contribution < -0.4 is 0 Å². The summed E-state index contributed by atoms with van der Waals surface area (Å²) in [5.41, 5.74) is -3.84. The van der Waals surface area contributed by atoms with Gasteiger partial charge in [-0.2, -0.15) is 39.5 Å². The van der Waals surface area contributed by atoms with Crippen molar-refractivity contribution >= 4 is 5.97 Å². The van der Waals surface area contributed by atoms with Crippen LogP contribution >= 0.6 is 0 Å². The maximum Gasteiger partial charge on any atom is 0.416 e. The fourth-order valence-electron chi connectivity index (χ4n) is 3.86. The van der Waals surface area contributed by atoms with Gasteiger partial charge in [0.2, 0.25) is 0 Å². The van der Waals surface area contributed by atoms with Gasteiger partial charge in [0.25, 0.3) is 0 Å². The minimum Gasteiger partial charge on any atom is -0.455 e. The summed E-state index contributed by atoms with van der Waals surface area (Å²) in [7, 11) is 3.39. The molecule has 0 saturated carbocycles. The first-order valence-corrected chi connectivity index (χ1v) is 10.5. The van der Waals surface area contributed by atoms with E-state index in [0.29, 0.717) is 17.7 Å². The highest BCUT2D eigenvalue weighted by Crippen LogP contribution is 2.39. The molecule has 1 aliphatic heterocycles. The fourth-order valence-corrected chi connectivity index (χ4v) is 3.86. The predicted molar refractivity (Wildman–Crippen MR) is 109 cm³/mol. The lowest BCUT2D eigenvalue weighted by molar-refractivity contribution is -0.159. The smallest absolute Gasteiger partial charge is 0.416 e. The van der Waals surface area contributed by atoms with Gasteiger partial charge in [-0.3, -0.25) is 9.69 Å². The Balaban J connectivity index is 1.96. The molecule has 0 radical (unpaired) electrons. The number of hydrogen-bond acceptors (Lipinski definition) is 4. The molecule has 0 aromatic heterocycles. The van der Waals surface area contributed by atoms with Gasteiger partial charge in [0, 0.05) is 19.6 Å². The van der Waals surface area contributed by atoms with E-state index in [2.05, 4.69) is 0 Å². The molecule has 1 unspecified atom stereocenters. The lowest BCUT2D eigenvalue weighted by Crippen LogP contribution is -2.41. The van der Waals surface area contributed by atoms with Gasteiger partial charge in [0.05, 0.1) is 23.2 Å². The average Bonchev–Trinajstić information content (AvgIpc) is 2.72. The molecule has 0 spiro atoms. The van der Waals surface area contributed by atoms with Crippen molar-refractivity contribution in [3.05, 3.63) is 69.8 Å². The van der Waals surface area contributed by atoms with Crippen molar-refractivity contribution in [1.29, 1.82) is 0 Å². The molecule has 3 rings (SSSR count). The third kappa shape index (κ3) is 6.90. The second-order valence-electron chi connectivity index (χ2n) is 8.71. The van der Waals surface area contributed by atoms with Crippen LogP contribution in [-0.4, -0.2) is 43.0 Å². The highest BCUT2D eigenvalue weighted by molar-refractivity contribution is 5.73. The van der Waals surface area contributed by atoms with E-state index in [-0.39, 0.29) is 31.3 Å². The lowest BCUT2D eigenvalue weighted by Gasteiger charge is -2.33. The van der Waals surface area contributed by atoms with Crippen LogP contribution in [0.2, 0.25) is 0 Å². The number of alkyl halides is 9. The number of cyclic esters (lactones) is 1. The standard InChI is InChI=1S/C23H21F9N2O2/c1-33(2)9-13-3-4-16(21(24,25)26)7-15(13)10-34-11-19(36-20(35)12-34)14-5-17(22(27,28)29)8-18(6-14)23(30,31)32/h3-8,19H,9-12H2,1-2H3. The molecule has 1 saturated heterocycles. The highest BCUT2D eigenvalue weighted by Gasteiger charge is 2.39. The number of morpholine rings is 1. The van der Waals surface area contributed by atoms with Crippen LogP contribution in [0.1, 0.15) is 39.5 Å². The van der Waals surface area contributed by atoms with E-state index in [1.165, 1.54) is 11.0 Å². The Bertz CT molecular complexity index is 1080. The molecule has 0 amide bonds. The molecule has 1 fully saturated rings. The SMILES string of the molecule is CN(C)Cc1ccc(C(F)(F)F)cc1CN1CC(=O)OC(c2cc(C(F)(F)F)cc(C(F)(F)F)c2)C1. The minimum absolute atomic E-state index is 0.0396. The first-order valence-electron chi connectivity index (χ1n) is 10.5. The minimum atomic E-state index is -5.09. The summed E-state index contributed by atoms with van der Waals surface area (Å²) in [6.45, 7) is -0.664. The quantitative estimate of drug-likeness (QED) is 0.357. The third-order valence-corrected chi connectivity index (χ3v) is 5.45. The van der Waals surface area contributed by atoms with Crippen molar-refractivity contribution in [2.45, 2.75) is 37.7 Å². The summed E-state index contributed by atoms with van der Waals surface area (Å²) < 4.78 is 124. The molecule has 2 aromatic rings. The van der Waals surface area contributed by atoms with E-state index < -0.39 is 59.4 Å². The highest BCUT2D eigenvalue weighted by atomic mass is 19.4. The van der Waals surface area contributed by atoms with Crippen LogP contribution in [0.3, 0.4) is 0 Å². The molecule has 1 aliphatic rings. The first-order chi connectivity index (χ1) is 16.4. The third-order valence-electron chi connectivity index (χ3n) is 5.45. The van der Waals surface area contributed by atoms with Crippen molar-refractivity contribution in [1.82, 2.24) is 9.80 Å². The maximum atomic E-state index is 13.3. The predicted octanol–water partition coefficient (Wildman–Crippen LogP) is 5.90. The fraction of sp³-hybridized carbons (Fsp3) is 0.435. The number of halogens is 9. The van der Waals surface area contributed by atoms with E-state index in [1.807, 2.05) is 0 Å². The Hall–Kier alpha value is -2.80. The summed E-state index contributed by atoms with van der Waals surface area (Å²) >= 11 is 0. The van der Waals surface area contributed by atoms with Crippen molar-refractivity contribution in [3.8, 4) is 0 Å². The number of hydrogen-bond donors (Lipinski definition) is 0. The van der Waals surface area contributed by atoms with Crippen molar-refractivity contribution in [2.24, 2.45) is 0 Å². The lowest BCUT2D eigenvalue weighted by atomic mass is 9.99. The number of carbonyl (C=O) groups is 1. The zero-order valence-corrected chi connectivity index (χ0v) is 19.0. The molecule has 0 N–H and O–H groups in total. The molecule has 0 aliphatic carbocycles. The van der Waals surface area contributed by atoms with Gasteiger partial charge in [-0.1, -0.05) is 6.07 Å². The van der Waals surface area contributed by atoms with E-state index in [9.17, 15) is 44.3 Å². The second-order valence-corrected chi connectivity index (χ2v) is 8.71. The summed E-state index contributed by atoms with van der Waals surface area (Å²) in [6, 6.07) is 4.02. The second kappa shape index (κ2) is 9.92. The molecule has 1 atom stereocenters. The normalized spacial score (nSPS) is 18.0. The Kier molecular flexibility index (Phi) is 7.66. The summed E-state index contributed by atoms with van der Waals surface area (Å²) in [4.78, 5) is 15.2. The van der Waals surface area contributed by atoms with Crippen molar-refractivity contribution in [2.75, 3.05) is 27.2 Å². The van der Waals surface area contributed by atoms with Gasteiger partial charge < -0.3 is 9.64 Å². The van der Waals surface area contributed by atoms with Crippen LogP contribution in [-0.2, 0) is 41.1 Å². The van der Waals surface area contributed by atoms with E-state index in [4.69, 9.17) is 4.74 Å². The molecule has 36 heavy (non-hydrogen) atoms. The maximum absolute atomic E-state index is 13.3. The van der Waals surface area contributed by atoms with Crippen molar-refractivity contribution in [3.63, 3.8) is 0 Å². The number of ether oxygens (including phenoxy) is 1. The van der Waals surface area contributed by atoms with Crippen LogP contribution in [0.25, 0.3) is 0 Å². The molecule has 2 aromatic carbocycles. The largest absolute Gasteiger partial charge is 0.455 e. The van der Waals surface area contributed by atoms with Gasteiger partial charge in [-0.05, 0) is 61.1 Å². The number of rotatable bonds is 5. The topological polar surface area (TPSA) is 32.8 Å². The van der Waals surface area contributed by atoms with E-state index >= 15 is 0 Å². The zero-order chi connectivity index (χ0) is 27.1. The summed E-state index contributed by atoms with van der Waals surface area (Å²) in [5.74, 6) is -0.932. The van der Waals surface area contributed by atoms with Crippen molar-refractivity contribution < 1.29 is 49.0 Å². The van der Waals surface area contributed by atoms with Crippen LogP contribution in [0.5, 0.6) is 0 Å². The van der Waals surface area contributed by atoms with Gasteiger partial charge in [0.15, 0.2) is 0 Å². The summed E-state index contributed by atoms with van der Waals surface area (Å²) in [5, 5.41) is 0. The Morgan fingerprint density at radius 1 is 0.833 bits per heavy atom. The van der Waals surface area contributed by atoms with Gasteiger partial charge in [0.1, 0.15) is 6.10 Å². The van der Waals surface area contributed by atoms with Gasteiger partial charge in [-0.25, -0.2) is 0 Å². The number of benzene rings is 2. The Morgan fingerprint density at radius 3 is 1.89 bits per heavy atom. The molecular formula is C23H21F9N2O2. The molecule has 0 bridgehead atoms. The summed E-state index contributed by atoms with van der Waals surface area (Å²) in [6.07, 6.45) is -16.3. The number of esters is 1. The molecule has 13 heteroatoms. The van der Waals surface area contributed by atoms with Gasteiger partial charge >= 0.3 is 24.5 Å². The Morgan fingerprint density at radius 2 is 1.39 bits per heavy atom. The van der Waals surface area contributed by atoms with Crippen LogP contribution in [0, 0.1) is 0 Å². The molecule has 4 nitrogen and oxygen atoms in total. The van der Waals surface area contributed by atoms with E-state index in [1.54, 1.807) is 19.0 Å². The van der Waals surface area contributed by atoms with E-state index in [0.717, 1.165) is 12.1 Å². The molecule has 198 valence electrons. The Labute approximate surface area is 200 Å². The van der Waals surface area contributed by atoms with Crippen LogP contribution in [0.4, 0.5) is 39.5 Å².